The molecule has 1 aromatic rings. The molecule has 0 aromatic heterocycles. The van der Waals surface area contributed by atoms with Crippen LogP contribution in [0.2, 0.25) is 0 Å². The van der Waals surface area contributed by atoms with Crippen LogP contribution in [0.25, 0.3) is 0 Å². The van der Waals surface area contributed by atoms with Crippen LogP contribution in [0.5, 0.6) is 5.75 Å². The zero-order valence-corrected chi connectivity index (χ0v) is 9.03. The fourth-order valence-corrected chi connectivity index (χ4v) is 1.39. The van der Waals surface area contributed by atoms with E-state index >= 15 is 0 Å². The van der Waals surface area contributed by atoms with Gasteiger partial charge in [-0.15, -0.1) is 0 Å². The first kappa shape index (κ1) is 12.3. The Balaban J connectivity index is 2.76. The minimum Gasteiger partial charge on any atom is -0.484 e. The fourth-order valence-electron chi connectivity index (χ4n) is 0.953. The number of halogens is 5. The molecule has 0 N–H and O–H groups in total. The molecule has 0 aliphatic rings. The van der Waals surface area contributed by atoms with Crippen LogP contribution < -0.4 is 4.74 Å². The maximum Gasteiger partial charge on any atom is 0.422 e. The summed E-state index contributed by atoms with van der Waals surface area (Å²) < 4.78 is 52.8. The van der Waals surface area contributed by atoms with Crippen molar-refractivity contribution in [2.45, 2.75) is 11.5 Å². The third-order valence-corrected chi connectivity index (χ3v) is 2.16. The predicted molar refractivity (Wildman–Crippen MR) is 50.6 cm³/mol. The Morgan fingerprint density at radius 3 is 2.47 bits per heavy atom. The van der Waals surface area contributed by atoms with E-state index in [9.17, 15) is 17.6 Å². The Bertz CT molecular complexity index is 337. The summed E-state index contributed by atoms with van der Waals surface area (Å²) in [6.07, 6.45) is -4.39. The standard InChI is InChI=1S/C9H7BrF4O/c10-4-6-3-7(11)1-2-8(6)15-5-9(12,13)14/h1-3H,4-5H2. The second-order valence-corrected chi connectivity index (χ2v) is 3.35. The average Bonchev–Trinajstić information content (AvgIpc) is 2.14. The Labute approximate surface area is 92.2 Å². The molecule has 0 saturated heterocycles. The van der Waals surface area contributed by atoms with E-state index in [2.05, 4.69) is 20.7 Å². The molecule has 0 heterocycles. The minimum absolute atomic E-state index is 0.0330. The molecule has 15 heavy (non-hydrogen) atoms. The van der Waals surface area contributed by atoms with Gasteiger partial charge in [0.15, 0.2) is 6.61 Å². The molecule has 1 nitrogen and oxygen atoms in total. The summed E-state index contributed by atoms with van der Waals surface area (Å²) in [7, 11) is 0. The van der Waals surface area contributed by atoms with Crippen molar-refractivity contribution in [2.24, 2.45) is 0 Å². The first-order valence-electron chi connectivity index (χ1n) is 3.96. The molecule has 1 rings (SSSR count). The molecule has 0 amide bonds. The van der Waals surface area contributed by atoms with E-state index in [4.69, 9.17) is 0 Å². The van der Waals surface area contributed by atoms with Gasteiger partial charge in [-0.05, 0) is 18.2 Å². The van der Waals surface area contributed by atoms with Crippen LogP contribution in [-0.2, 0) is 5.33 Å². The number of benzene rings is 1. The molecule has 0 aliphatic carbocycles. The van der Waals surface area contributed by atoms with Crippen molar-refractivity contribution < 1.29 is 22.3 Å². The summed E-state index contributed by atoms with van der Waals surface area (Å²) in [5.74, 6) is -0.477. The van der Waals surface area contributed by atoms with E-state index in [0.29, 0.717) is 5.56 Å². The fraction of sp³-hybridized carbons (Fsp3) is 0.333. The van der Waals surface area contributed by atoms with Crippen molar-refractivity contribution in [3.8, 4) is 5.75 Å². The number of rotatable bonds is 3. The summed E-state index contributed by atoms with van der Waals surface area (Å²) in [4.78, 5) is 0. The Morgan fingerprint density at radius 2 is 1.93 bits per heavy atom. The zero-order valence-electron chi connectivity index (χ0n) is 7.44. The van der Waals surface area contributed by atoms with Crippen molar-refractivity contribution in [2.75, 3.05) is 6.61 Å². The third kappa shape index (κ3) is 4.07. The van der Waals surface area contributed by atoms with E-state index in [0.717, 1.165) is 12.1 Å². The lowest BCUT2D eigenvalue weighted by molar-refractivity contribution is -0.153. The van der Waals surface area contributed by atoms with Gasteiger partial charge in [-0.1, -0.05) is 15.9 Å². The van der Waals surface area contributed by atoms with E-state index < -0.39 is 18.6 Å². The molecular formula is C9H7BrF4O. The lowest BCUT2D eigenvalue weighted by atomic mass is 10.2. The van der Waals surface area contributed by atoms with Crippen LogP contribution in [0.3, 0.4) is 0 Å². The van der Waals surface area contributed by atoms with Crippen LogP contribution >= 0.6 is 15.9 Å². The van der Waals surface area contributed by atoms with Gasteiger partial charge in [-0.25, -0.2) is 4.39 Å². The first-order chi connectivity index (χ1) is 6.92. The largest absolute Gasteiger partial charge is 0.484 e. The maximum absolute atomic E-state index is 12.7. The normalized spacial score (nSPS) is 11.5. The van der Waals surface area contributed by atoms with E-state index in [1.165, 1.54) is 6.07 Å². The van der Waals surface area contributed by atoms with E-state index in [1.54, 1.807) is 0 Å². The van der Waals surface area contributed by atoms with E-state index in [-0.39, 0.29) is 11.1 Å². The molecule has 1 aromatic carbocycles. The molecular weight excluding hydrogens is 280 g/mol. The topological polar surface area (TPSA) is 9.23 Å². The highest BCUT2D eigenvalue weighted by Crippen LogP contribution is 2.24. The highest BCUT2D eigenvalue weighted by molar-refractivity contribution is 9.08. The van der Waals surface area contributed by atoms with Gasteiger partial charge in [0.1, 0.15) is 11.6 Å². The molecule has 0 bridgehead atoms. The number of hydrogen-bond donors (Lipinski definition) is 0. The molecule has 0 aliphatic heterocycles. The third-order valence-electron chi connectivity index (χ3n) is 1.56. The summed E-state index contributed by atoms with van der Waals surface area (Å²) >= 11 is 3.04. The van der Waals surface area contributed by atoms with Crippen molar-refractivity contribution >= 4 is 15.9 Å². The van der Waals surface area contributed by atoms with Crippen molar-refractivity contribution in [3.63, 3.8) is 0 Å². The highest BCUT2D eigenvalue weighted by Gasteiger charge is 2.28. The highest BCUT2D eigenvalue weighted by atomic mass is 79.9. The SMILES string of the molecule is Fc1ccc(OCC(F)(F)F)c(CBr)c1. The molecule has 0 fully saturated rings. The van der Waals surface area contributed by atoms with Gasteiger partial charge in [-0.3, -0.25) is 0 Å². The van der Waals surface area contributed by atoms with Crippen LogP contribution in [-0.4, -0.2) is 12.8 Å². The molecule has 0 saturated carbocycles. The summed E-state index contributed by atoms with van der Waals surface area (Å²) in [6.45, 7) is -1.38. The molecule has 0 radical (unpaired) electrons. The number of alkyl halides is 4. The van der Waals surface area contributed by atoms with Crippen molar-refractivity contribution in [3.05, 3.63) is 29.6 Å². The Kier molecular flexibility index (Phi) is 3.96. The monoisotopic (exact) mass is 286 g/mol. The summed E-state index contributed by atoms with van der Waals surface area (Å²) in [5.41, 5.74) is 0.347. The van der Waals surface area contributed by atoms with Gasteiger partial charge >= 0.3 is 6.18 Å². The molecule has 84 valence electrons. The second kappa shape index (κ2) is 4.83. The lowest BCUT2D eigenvalue weighted by Gasteiger charge is -2.11. The van der Waals surface area contributed by atoms with Gasteiger partial charge < -0.3 is 4.74 Å². The summed E-state index contributed by atoms with van der Waals surface area (Å²) in [6, 6.07) is 3.36. The van der Waals surface area contributed by atoms with E-state index in [1.807, 2.05) is 0 Å². The van der Waals surface area contributed by atoms with Gasteiger partial charge in [-0.2, -0.15) is 13.2 Å². The van der Waals surface area contributed by atoms with Gasteiger partial charge in [0.05, 0.1) is 0 Å². The van der Waals surface area contributed by atoms with Crippen LogP contribution in [0.4, 0.5) is 17.6 Å². The predicted octanol–water partition coefficient (Wildman–Crippen LogP) is 3.66. The maximum atomic E-state index is 12.7. The molecule has 0 unspecified atom stereocenters. The minimum atomic E-state index is -4.39. The Morgan fingerprint density at radius 1 is 1.27 bits per heavy atom. The van der Waals surface area contributed by atoms with Crippen LogP contribution in [0.15, 0.2) is 18.2 Å². The summed E-state index contributed by atoms with van der Waals surface area (Å²) in [5, 5.41) is 0.234. The van der Waals surface area contributed by atoms with Gasteiger partial charge in [0, 0.05) is 10.9 Å². The van der Waals surface area contributed by atoms with Crippen LogP contribution in [0, 0.1) is 5.82 Å². The first-order valence-corrected chi connectivity index (χ1v) is 5.08. The zero-order chi connectivity index (χ0) is 11.5. The number of ether oxygens (including phenoxy) is 1. The van der Waals surface area contributed by atoms with Gasteiger partial charge in [0.2, 0.25) is 0 Å². The van der Waals surface area contributed by atoms with Gasteiger partial charge in [0.25, 0.3) is 0 Å². The molecule has 6 heteroatoms. The van der Waals surface area contributed by atoms with Crippen LogP contribution in [0.1, 0.15) is 5.56 Å². The quantitative estimate of drug-likeness (QED) is 0.609. The molecule has 0 atom stereocenters. The number of hydrogen-bond acceptors (Lipinski definition) is 1. The molecule has 0 spiro atoms. The Hall–Kier alpha value is -0.780. The second-order valence-electron chi connectivity index (χ2n) is 2.79. The average molecular weight is 287 g/mol. The lowest BCUT2D eigenvalue weighted by Crippen LogP contribution is -2.19. The van der Waals surface area contributed by atoms with Crippen molar-refractivity contribution in [1.29, 1.82) is 0 Å². The van der Waals surface area contributed by atoms with Crippen molar-refractivity contribution in [1.82, 2.24) is 0 Å². The smallest absolute Gasteiger partial charge is 0.422 e.